The zero-order chi connectivity index (χ0) is 19.6. The van der Waals surface area contributed by atoms with E-state index in [1.54, 1.807) is 24.3 Å². The Hall–Kier alpha value is -3.12. The minimum absolute atomic E-state index is 0.116. The molecule has 1 N–H and O–H groups in total. The molecule has 0 saturated heterocycles. The number of rotatable bonds is 4. The Morgan fingerprint density at radius 2 is 1.64 bits per heavy atom. The van der Waals surface area contributed by atoms with E-state index in [1.807, 2.05) is 42.5 Å². The number of nitrogens with one attached hydrogen (secondary N) is 1. The van der Waals surface area contributed by atoms with Gasteiger partial charge in [-0.15, -0.1) is 0 Å². The fourth-order valence-corrected chi connectivity index (χ4v) is 4.99. The van der Waals surface area contributed by atoms with Gasteiger partial charge in [-0.25, -0.2) is 8.42 Å². The second kappa shape index (κ2) is 7.48. The molecule has 0 saturated carbocycles. The molecule has 0 spiro atoms. The summed E-state index contributed by atoms with van der Waals surface area (Å²) in [6.07, 6.45) is 1.63. The fourth-order valence-electron chi connectivity index (χ4n) is 3.40. The summed E-state index contributed by atoms with van der Waals surface area (Å²) in [6.45, 7) is 0.430. The van der Waals surface area contributed by atoms with Gasteiger partial charge in [0.05, 0.1) is 10.6 Å². The first kappa shape index (κ1) is 18.3. The zero-order valence-electron chi connectivity index (χ0n) is 15.2. The third-order valence-electron chi connectivity index (χ3n) is 4.78. The molecule has 0 atom stereocenters. The van der Waals surface area contributed by atoms with Crippen molar-refractivity contribution in [1.82, 2.24) is 0 Å². The number of anilines is 2. The highest BCUT2D eigenvalue weighted by Gasteiger charge is 2.29. The number of nitrogens with zero attached hydrogens (tertiary/aromatic N) is 1. The van der Waals surface area contributed by atoms with Crippen molar-refractivity contribution in [2.24, 2.45) is 0 Å². The minimum Gasteiger partial charge on any atom is -0.322 e. The SMILES string of the molecule is O=C(Nc1ccccc1)c1cccc(S(=O)(=O)N2CCCc3ccccc32)c1. The molecule has 4 rings (SSSR count). The number of hydrogen-bond donors (Lipinski definition) is 1. The average Bonchev–Trinajstić information content (AvgIpc) is 2.74. The number of carbonyl (C=O) groups is 1. The first-order chi connectivity index (χ1) is 13.6. The van der Waals surface area contributed by atoms with Crippen LogP contribution in [0.1, 0.15) is 22.3 Å². The molecule has 0 fully saturated rings. The molecule has 1 amide bonds. The van der Waals surface area contributed by atoms with E-state index in [9.17, 15) is 13.2 Å². The lowest BCUT2D eigenvalue weighted by atomic mass is 10.0. The Balaban J connectivity index is 1.65. The van der Waals surface area contributed by atoms with Crippen LogP contribution in [-0.2, 0) is 16.4 Å². The second-order valence-corrected chi connectivity index (χ2v) is 8.52. The molecule has 142 valence electrons. The quantitative estimate of drug-likeness (QED) is 0.727. The van der Waals surface area contributed by atoms with E-state index in [-0.39, 0.29) is 10.8 Å². The van der Waals surface area contributed by atoms with Crippen LogP contribution in [0.3, 0.4) is 0 Å². The summed E-state index contributed by atoms with van der Waals surface area (Å²) < 4.78 is 28.0. The Morgan fingerprint density at radius 1 is 0.893 bits per heavy atom. The van der Waals surface area contributed by atoms with Crippen LogP contribution in [0.5, 0.6) is 0 Å². The average molecular weight is 392 g/mol. The van der Waals surface area contributed by atoms with E-state index in [2.05, 4.69) is 5.32 Å². The molecular formula is C22H20N2O3S. The van der Waals surface area contributed by atoms with Crippen LogP contribution in [0.15, 0.2) is 83.8 Å². The molecule has 0 aliphatic carbocycles. The van der Waals surface area contributed by atoms with Crippen LogP contribution in [0.2, 0.25) is 0 Å². The van der Waals surface area contributed by atoms with Gasteiger partial charge < -0.3 is 5.32 Å². The van der Waals surface area contributed by atoms with Crippen LogP contribution in [-0.4, -0.2) is 20.9 Å². The van der Waals surface area contributed by atoms with Crippen molar-refractivity contribution in [1.29, 1.82) is 0 Å². The highest BCUT2D eigenvalue weighted by atomic mass is 32.2. The number of carbonyl (C=O) groups excluding carboxylic acids is 1. The normalized spacial score (nSPS) is 13.6. The summed E-state index contributed by atoms with van der Waals surface area (Å²) in [4.78, 5) is 12.7. The van der Waals surface area contributed by atoms with Gasteiger partial charge in [0.15, 0.2) is 0 Å². The summed E-state index contributed by atoms with van der Waals surface area (Å²) in [5.74, 6) is -0.345. The molecule has 0 aromatic heterocycles. The molecule has 1 aliphatic heterocycles. The molecule has 0 bridgehead atoms. The first-order valence-corrected chi connectivity index (χ1v) is 10.6. The van der Waals surface area contributed by atoms with E-state index in [4.69, 9.17) is 0 Å². The Morgan fingerprint density at radius 3 is 2.46 bits per heavy atom. The number of aryl methyl sites for hydroxylation is 1. The number of benzene rings is 3. The lowest BCUT2D eigenvalue weighted by molar-refractivity contribution is 0.102. The van der Waals surface area contributed by atoms with Crippen molar-refractivity contribution in [2.75, 3.05) is 16.2 Å². The number of sulfonamides is 1. The maximum atomic E-state index is 13.3. The lowest BCUT2D eigenvalue weighted by Gasteiger charge is -2.30. The maximum absolute atomic E-state index is 13.3. The van der Waals surface area contributed by atoms with Crippen LogP contribution in [0.4, 0.5) is 11.4 Å². The van der Waals surface area contributed by atoms with Crippen LogP contribution >= 0.6 is 0 Å². The van der Waals surface area contributed by atoms with Crippen molar-refractivity contribution in [3.05, 3.63) is 90.0 Å². The standard InChI is InChI=1S/C22H20N2O3S/c25-22(23-19-11-2-1-3-12-19)18-9-6-13-20(16-18)28(26,27)24-15-7-10-17-8-4-5-14-21(17)24/h1-6,8-9,11-14,16H,7,10,15H2,(H,23,25). The van der Waals surface area contributed by atoms with Gasteiger partial charge in [-0.2, -0.15) is 0 Å². The predicted octanol–water partition coefficient (Wildman–Crippen LogP) is 4.08. The molecule has 0 radical (unpaired) electrons. The van der Waals surface area contributed by atoms with Crippen LogP contribution in [0, 0.1) is 0 Å². The molecule has 5 nitrogen and oxygen atoms in total. The maximum Gasteiger partial charge on any atom is 0.264 e. The third-order valence-corrected chi connectivity index (χ3v) is 6.59. The van der Waals surface area contributed by atoms with E-state index in [0.717, 1.165) is 18.4 Å². The van der Waals surface area contributed by atoms with Gasteiger partial charge in [0.1, 0.15) is 0 Å². The summed E-state index contributed by atoms with van der Waals surface area (Å²) in [5.41, 5.74) is 2.70. The van der Waals surface area contributed by atoms with Crippen LogP contribution < -0.4 is 9.62 Å². The topological polar surface area (TPSA) is 66.5 Å². The predicted molar refractivity (Wildman–Crippen MR) is 110 cm³/mol. The lowest BCUT2D eigenvalue weighted by Crippen LogP contribution is -2.35. The smallest absolute Gasteiger partial charge is 0.264 e. The molecule has 6 heteroatoms. The molecule has 28 heavy (non-hydrogen) atoms. The summed E-state index contributed by atoms with van der Waals surface area (Å²) in [6, 6.07) is 22.8. The summed E-state index contributed by atoms with van der Waals surface area (Å²) in [5, 5.41) is 2.78. The van der Waals surface area contributed by atoms with Gasteiger partial charge >= 0.3 is 0 Å². The van der Waals surface area contributed by atoms with Crippen molar-refractivity contribution >= 4 is 27.3 Å². The Bertz CT molecular complexity index is 1110. The fraction of sp³-hybridized carbons (Fsp3) is 0.136. The van der Waals surface area contributed by atoms with Gasteiger partial charge in [0.25, 0.3) is 15.9 Å². The van der Waals surface area contributed by atoms with E-state index in [1.165, 1.54) is 16.4 Å². The van der Waals surface area contributed by atoms with Gasteiger partial charge in [-0.1, -0.05) is 42.5 Å². The molecular weight excluding hydrogens is 372 g/mol. The Labute approximate surface area is 164 Å². The van der Waals surface area contributed by atoms with Crippen molar-refractivity contribution in [3.63, 3.8) is 0 Å². The number of para-hydroxylation sites is 2. The highest BCUT2D eigenvalue weighted by molar-refractivity contribution is 7.92. The molecule has 3 aromatic carbocycles. The van der Waals surface area contributed by atoms with Crippen molar-refractivity contribution in [2.45, 2.75) is 17.7 Å². The van der Waals surface area contributed by atoms with Gasteiger partial charge in [-0.05, 0) is 54.8 Å². The zero-order valence-corrected chi connectivity index (χ0v) is 16.0. The largest absolute Gasteiger partial charge is 0.322 e. The number of amides is 1. The number of hydrogen-bond acceptors (Lipinski definition) is 3. The minimum atomic E-state index is -3.75. The summed E-state index contributed by atoms with van der Waals surface area (Å²) in [7, 11) is -3.75. The van der Waals surface area contributed by atoms with Crippen molar-refractivity contribution in [3.8, 4) is 0 Å². The van der Waals surface area contributed by atoms with E-state index < -0.39 is 10.0 Å². The number of fused-ring (bicyclic) bond motifs is 1. The molecule has 1 aliphatic rings. The van der Waals surface area contributed by atoms with E-state index >= 15 is 0 Å². The van der Waals surface area contributed by atoms with Gasteiger partial charge in [-0.3, -0.25) is 9.10 Å². The summed E-state index contributed by atoms with van der Waals surface area (Å²) >= 11 is 0. The molecule has 3 aromatic rings. The van der Waals surface area contributed by atoms with Crippen molar-refractivity contribution < 1.29 is 13.2 Å². The second-order valence-electron chi connectivity index (χ2n) is 6.66. The monoisotopic (exact) mass is 392 g/mol. The van der Waals surface area contributed by atoms with E-state index in [0.29, 0.717) is 23.5 Å². The third kappa shape index (κ3) is 3.51. The highest BCUT2D eigenvalue weighted by Crippen LogP contribution is 2.32. The van der Waals surface area contributed by atoms with Gasteiger partial charge in [0, 0.05) is 17.8 Å². The Kier molecular flexibility index (Phi) is 4.88. The first-order valence-electron chi connectivity index (χ1n) is 9.13. The van der Waals surface area contributed by atoms with Crippen LogP contribution in [0.25, 0.3) is 0 Å². The van der Waals surface area contributed by atoms with Gasteiger partial charge in [0.2, 0.25) is 0 Å². The molecule has 1 heterocycles. The molecule has 0 unspecified atom stereocenters.